The molecule has 1 aromatic heterocycles. The Bertz CT molecular complexity index is 743. The summed E-state index contributed by atoms with van der Waals surface area (Å²) >= 11 is 6.96. The molecule has 0 spiro atoms. The molecule has 0 bridgehead atoms. The van der Waals surface area contributed by atoms with Crippen molar-refractivity contribution in [3.05, 3.63) is 55.2 Å². The van der Waals surface area contributed by atoms with E-state index in [9.17, 15) is 14.9 Å². The van der Waals surface area contributed by atoms with Crippen LogP contribution < -0.4 is 10.2 Å². The maximum atomic E-state index is 11.6. The van der Waals surface area contributed by atoms with Crippen LogP contribution in [0.2, 0.25) is 5.02 Å². The first kappa shape index (κ1) is 16.9. The highest BCUT2D eigenvalue weighted by Crippen LogP contribution is 2.26. The number of halogens is 1. The number of carbonyl (C=O) groups is 1. The first-order valence-corrected chi connectivity index (χ1v) is 7.60. The molecule has 0 unspecified atom stereocenters. The Kier molecular flexibility index (Phi) is 5.67. The molecule has 9 heteroatoms. The van der Waals surface area contributed by atoms with E-state index in [4.69, 9.17) is 16.3 Å². The van der Waals surface area contributed by atoms with Gasteiger partial charge in [-0.15, -0.1) is 11.3 Å². The van der Waals surface area contributed by atoms with E-state index in [-0.39, 0.29) is 12.3 Å². The van der Waals surface area contributed by atoms with Crippen molar-refractivity contribution in [2.45, 2.75) is 6.92 Å². The third-order valence-corrected chi connectivity index (χ3v) is 3.90. The number of nitro groups is 1. The van der Waals surface area contributed by atoms with Gasteiger partial charge in [0.25, 0.3) is 11.6 Å². The standard InChI is InChI=1S/C14H12ClN3O4S/c1-9-13(18(20)21)6-12(23-9)7-16-17-14(19)8-22-11-4-2-10(15)3-5-11/h2-7H,8H2,1H3,(H,17,19)/b16-7-. The van der Waals surface area contributed by atoms with E-state index in [1.807, 2.05) is 0 Å². The van der Waals surface area contributed by atoms with Gasteiger partial charge in [-0.05, 0) is 31.2 Å². The molecule has 0 atom stereocenters. The summed E-state index contributed by atoms with van der Waals surface area (Å²) in [6, 6.07) is 8.00. The number of hydrogen-bond donors (Lipinski definition) is 1. The summed E-state index contributed by atoms with van der Waals surface area (Å²) in [5.41, 5.74) is 2.32. The smallest absolute Gasteiger partial charge is 0.283 e. The first-order chi connectivity index (χ1) is 11.0. The van der Waals surface area contributed by atoms with E-state index in [1.165, 1.54) is 23.6 Å². The van der Waals surface area contributed by atoms with Gasteiger partial charge in [0.2, 0.25) is 0 Å². The SMILES string of the molecule is Cc1sc(/C=N\NC(=O)COc2ccc(Cl)cc2)cc1[N+](=O)[O-]. The van der Waals surface area contributed by atoms with Gasteiger partial charge in [-0.2, -0.15) is 5.10 Å². The lowest BCUT2D eigenvalue weighted by atomic mass is 10.3. The molecular formula is C14H12ClN3O4S. The highest BCUT2D eigenvalue weighted by molar-refractivity contribution is 7.14. The lowest BCUT2D eigenvalue weighted by Crippen LogP contribution is -2.24. The van der Waals surface area contributed by atoms with Crippen LogP contribution in [0.1, 0.15) is 9.75 Å². The van der Waals surface area contributed by atoms with E-state index in [2.05, 4.69) is 10.5 Å². The van der Waals surface area contributed by atoms with Gasteiger partial charge in [-0.1, -0.05) is 11.6 Å². The number of nitrogens with zero attached hydrogens (tertiary/aromatic N) is 2. The van der Waals surface area contributed by atoms with E-state index >= 15 is 0 Å². The van der Waals surface area contributed by atoms with Gasteiger partial charge in [0.05, 0.1) is 20.9 Å². The van der Waals surface area contributed by atoms with E-state index in [1.54, 1.807) is 31.2 Å². The molecule has 1 heterocycles. The van der Waals surface area contributed by atoms with Crippen molar-refractivity contribution in [2.24, 2.45) is 5.10 Å². The zero-order valence-corrected chi connectivity index (χ0v) is 13.6. The van der Waals surface area contributed by atoms with Crippen LogP contribution in [0.25, 0.3) is 0 Å². The van der Waals surface area contributed by atoms with E-state index < -0.39 is 10.8 Å². The van der Waals surface area contributed by atoms with E-state index in [0.29, 0.717) is 20.5 Å². The molecule has 1 aromatic carbocycles. The zero-order chi connectivity index (χ0) is 16.8. The number of nitrogens with one attached hydrogen (secondary N) is 1. The Morgan fingerprint density at radius 3 is 2.78 bits per heavy atom. The monoisotopic (exact) mass is 353 g/mol. The average Bonchev–Trinajstić information content (AvgIpc) is 2.88. The lowest BCUT2D eigenvalue weighted by Gasteiger charge is -2.04. The summed E-state index contributed by atoms with van der Waals surface area (Å²) < 4.78 is 5.25. The topological polar surface area (TPSA) is 93.8 Å². The average molecular weight is 354 g/mol. The molecule has 0 aliphatic heterocycles. The molecule has 0 saturated heterocycles. The van der Waals surface area contributed by atoms with Gasteiger partial charge in [0.1, 0.15) is 5.75 Å². The Morgan fingerprint density at radius 2 is 2.17 bits per heavy atom. The molecule has 120 valence electrons. The summed E-state index contributed by atoms with van der Waals surface area (Å²) in [5, 5.41) is 15.1. The van der Waals surface area contributed by atoms with Crippen LogP contribution in [-0.4, -0.2) is 23.7 Å². The molecule has 0 fully saturated rings. The number of carbonyl (C=O) groups excluding carboxylic acids is 1. The Hall–Kier alpha value is -2.45. The maximum absolute atomic E-state index is 11.6. The number of hydrazone groups is 1. The van der Waals surface area contributed by atoms with Crippen LogP contribution in [0.3, 0.4) is 0 Å². The zero-order valence-electron chi connectivity index (χ0n) is 12.0. The van der Waals surface area contributed by atoms with Crippen molar-refractivity contribution < 1.29 is 14.5 Å². The van der Waals surface area contributed by atoms with Crippen LogP contribution in [0.15, 0.2) is 35.4 Å². The second kappa shape index (κ2) is 7.70. The summed E-state index contributed by atoms with van der Waals surface area (Å²) in [4.78, 5) is 23.0. The minimum atomic E-state index is -0.457. The minimum absolute atomic E-state index is 0.0360. The van der Waals surface area contributed by atoms with Gasteiger partial charge in [0.15, 0.2) is 6.61 Å². The maximum Gasteiger partial charge on any atom is 0.283 e. The van der Waals surface area contributed by atoms with Gasteiger partial charge < -0.3 is 4.74 Å². The molecule has 0 radical (unpaired) electrons. The van der Waals surface area contributed by atoms with Crippen molar-refractivity contribution in [3.8, 4) is 5.75 Å². The third-order valence-electron chi connectivity index (χ3n) is 2.67. The van der Waals surface area contributed by atoms with Gasteiger partial charge >= 0.3 is 0 Å². The number of ether oxygens (including phenoxy) is 1. The third kappa shape index (κ3) is 5.04. The van der Waals surface area contributed by atoms with E-state index in [0.717, 1.165) is 0 Å². The fourth-order valence-corrected chi connectivity index (χ4v) is 2.61. The molecule has 0 saturated carbocycles. The number of benzene rings is 1. The van der Waals surface area contributed by atoms with Gasteiger partial charge in [-0.25, -0.2) is 5.43 Å². The Morgan fingerprint density at radius 1 is 1.48 bits per heavy atom. The Balaban J connectivity index is 1.83. The van der Waals surface area contributed by atoms with Crippen molar-refractivity contribution in [1.82, 2.24) is 5.43 Å². The second-order valence-electron chi connectivity index (χ2n) is 4.38. The highest BCUT2D eigenvalue weighted by Gasteiger charge is 2.14. The molecule has 2 rings (SSSR count). The van der Waals surface area contributed by atoms with Crippen molar-refractivity contribution in [2.75, 3.05) is 6.61 Å². The number of thiophene rings is 1. The van der Waals surface area contributed by atoms with Crippen LogP contribution in [-0.2, 0) is 4.79 Å². The quantitative estimate of drug-likeness (QED) is 0.490. The fraction of sp³-hybridized carbons (Fsp3) is 0.143. The number of amides is 1. The highest BCUT2D eigenvalue weighted by atomic mass is 35.5. The molecular weight excluding hydrogens is 342 g/mol. The molecule has 23 heavy (non-hydrogen) atoms. The molecule has 7 nitrogen and oxygen atoms in total. The largest absolute Gasteiger partial charge is 0.484 e. The minimum Gasteiger partial charge on any atom is -0.484 e. The van der Waals surface area contributed by atoms with Gasteiger partial charge in [-0.3, -0.25) is 14.9 Å². The van der Waals surface area contributed by atoms with Crippen molar-refractivity contribution in [1.29, 1.82) is 0 Å². The van der Waals surface area contributed by atoms with Crippen LogP contribution >= 0.6 is 22.9 Å². The predicted molar refractivity (Wildman–Crippen MR) is 88.4 cm³/mol. The summed E-state index contributed by atoms with van der Waals surface area (Å²) in [6.45, 7) is 1.45. The van der Waals surface area contributed by atoms with Crippen LogP contribution in [0.4, 0.5) is 5.69 Å². The van der Waals surface area contributed by atoms with Crippen molar-refractivity contribution in [3.63, 3.8) is 0 Å². The molecule has 1 amide bonds. The van der Waals surface area contributed by atoms with Crippen molar-refractivity contribution >= 4 is 40.7 Å². The van der Waals surface area contributed by atoms with Crippen LogP contribution in [0, 0.1) is 17.0 Å². The summed E-state index contributed by atoms with van der Waals surface area (Å²) in [5.74, 6) is 0.0667. The number of rotatable bonds is 6. The van der Waals surface area contributed by atoms with Crippen LogP contribution in [0.5, 0.6) is 5.75 Å². The predicted octanol–water partition coefficient (Wildman–Crippen LogP) is 3.15. The first-order valence-electron chi connectivity index (χ1n) is 6.41. The number of hydrogen-bond acceptors (Lipinski definition) is 6. The summed E-state index contributed by atoms with van der Waals surface area (Å²) in [7, 11) is 0. The Labute approximate surface area is 140 Å². The lowest BCUT2D eigenvalue weighted by molar-refractivity contribution is -0.385. The molecule has 1 N–H and O–H groups in total. The number of aryl methyl sites for hydroxylation is 1. The molecule has 0 aliphatic carbocycles. The van der Waals surface area contributed by atoms with Gasteiger partial charge in [0, 0.05) is 11.1 Å². The summed E-state index contributed by atoms with van der Waals surface area (Å²) in [6.07, 6.45) is 1.35. The fourth-order valence-electron chi connectivity index (χ4n) is 1.62. The second-order valence-corrected chi connectivity index (χ2v) is 6.11. The molecule has 0 aliphatic rings. The normalized spacial score (nSPS) is 10.7. The molecule has 2 aromatic rings.